The van der Waals surface area contributed by atoms with Crippen molar-refractivity contribution >= 4 is 35.8 Å². The molecule has 0 atom stereocenters. The fourth-order valence-corrected chi connectivity index (χ4v) is 2.53. The lowest BCUT2D eigenvalue weighted by atomic mass is 10.1. The van der Waals surface area contributed by atoms with Crippen LogP contribution in [0.25, 0.3) is 0 Å². The van der Waals surface area contributed by atoms with Gasteiger partial charge in [-0.05, 0) is 39.0 Å². The number of aliphatic imine (C=N–C) groups is 1. The molecule has 2 rings (SSSR count). The zero-order valence-electron chi connectivity index (χ0n) is 17.5. The van der Waals surface area contributed by atoms with Gasteiger partial charge in [-0.25, -0.2) is 0 Å². The van der Waals surface area contributed by atoms with Crippen molar-refractivity contribution in [2.24, 2.45) is 4.99 Å². The molecule has 0 saturated heterocycles. The van der Waals surface area contributed by atoms with Crippen LogP contribution in [-0.2, 0) is 6.54 Å². The average Bonchev–Trinajstić information content (AvgIpc) is 2.68. The second-order valence-electron chi connectivity index (χ2n) is 7.30. The number of nitrogens with zero attached hydrogens (tertiary/aromatic N) is 1. The number of hydrogen-bond donors (Lipinski definition) is 3. The molecule has 0 spiro atoms. The first-order chi connectivity index (χ1) is 13.4. The summed E-state index contributed by atoms with van der Waals surface area (Å²) < 4.78 is 6.02. The average molecular weight is 510 g/mol. The highest BCUT2D eigenvalue weighted by Crippen LogP contribution is 2.22. The largest absolute Gasteiger partial charge is 0.488 e. The lowest BCUT2D eigenvalue weighted by molar-refractivity contribution is 0.0954. The summed E-state index contributed by atoms with van der Waals surface area (Å²) in [6.45, 7) is 7.74. The van der Waals surface area contributed by atoms with Crippen LogP contribution in [0.15, 0.2) is 59.6 Å². The van der Waals surface area contributed by atoms with Gasteiger partial charge in [-0.1, -0.05) is 36.4 Å². The summed E-state index contributed by atoms with van der Waals surface area (Å²) in [5, 5.41) is 9.36. The third kappa shape index (κ3) is 9.17. The van der Waals surface area contributed by atoms with E-state index in [0.717, 1.165) is 11.3 Å². The van der Waals surface area contributed by atoms with Crippen LogP contribution in [0.2, 0.25) is 0 Å². The summed E-state index contributed by atoms with van der Waals surface area (Å²) in [5.74, 6) is 1.44. The number of guanidine groups is 1. The second-order valence-corrected chi connectivity index (χ2v) is 7.30. The standard InChI is InChI=1S/C22H30N4O2.HI/c1-22(2,3)28-19-13-9-8-12-18(19)16-26-21(23-4)25-15-14-24-20(27)17-10-6-5-7-11-17;/h5-13H,14-16H2,1-4H3,(H,24,27)(H2,23,25,26);1H. The minimum atomic E-state index is -0.257. The van der Waals surface area contributed by atoms with E-state index in [1.807, 2.05) is 63.2 Å². The molecule has 0 fully saturated rings. The predicted octanol–water partition coefficient (Wildman–Crippen LogP) is 3.58. The third-order valence-corrected chi connectivity index (χ3v) is 3.80. The minimum Gasteiger partial charge on any atom is -0.488 e. The molecule has 0 radical (unpaired) electrons. The van der Waals surface area contributed by atoms with E-state index in [4.69, 9.17) is 4.74 Å². The van der Waals surface area contributed by atoms with Crippen molar-refractivity contribution in [3.05, 3.63) is 65.7 Å². The molecule has 0 bridgehead atoms. The zero-order valence-corrected chi connectivity index (χ0v) is 19.8. The molecule has 0 heterocycles. The summed E-state index contributed by atoms with van der Waals surface area (Å²) in [6, 6.07) is 17.1. The van der Waals surface area contributed by atoms with Crippen LogP contribution >= 0.6 is 24.0 Å². The van der Waals surface area contributed by atoms with Crippen molar-refractivity contribution in [1.82, 2.24) is 16.0 Å². The van der Waals surface area contributed by atoms with Gasteiger partial charge in [-0.3, -0.25) is 9.79 Å². The van der Waals surface area contributed by atoms with Gasteiger partial charge in [0.15, 0.2) is 5.96 Å². The first-order valence-corrected chi connectivity index (χ1v) is 9.44. The third-order valence-electron chi connectivity index (χ3n) is 3.80. The van der Waals surface area contributed by atoms with Crippen LogP contribution in [-0.4, -0.2) is 37.6 Å². The van der Waals surface area contributed by atoms with Gasteiger partial charge in [0.1, 0.15) is 11.4 Å². The van der Waals surface area contributed by atoms with Gasteiger partial charge in [0.25, 0.3) is 5.91 Å². The maximum absolute atomic E-state index is 12.0. The van der Waals surface area contributed by atoms with Crippen LogP contribution in [0.5, 0.6) is 5.75 Å². The molecule has 0 unspecified atom stereocenters. The molecule has 0 aliphatic carbocycles. The fourth-order valence-electron chi connectivity index (χ4n) is 2.53. The monoisotopic (exact) mass is 510 g/mol. The van der Waals surface area contributed by atoms with Gasteiger partial charge < -0.3 is 20.7 Å². The van der Waals surface area contributed by atoms with Crippen LogP contribution in [0.4, 0.5) is 0 Å². The first-order valence-electron chi connectivity index (χ1n) is 9.44. The Morgan fingerprint density at radius 3 is 2.21 bits per heavy atom. The summed E-state index contributed by atoms with van der Waals surface area (Å²) in [7, 11) is 1.72. The lowest BCUT2D eigenvalue weighted by Gasteiger charge is -2.23. The van der Waals surface area contributed by atoms with Crippen LogP contribution in [0.1, 0.15) is 36.7 Å². The van der Waals surface area contributed by atoms with E-state index in [1.54, 1.807) is 19.2 Å². The molecule has 6 nitrogen and oxygen atoms in total. The van der Waals surface area contributed by atoms with Crippen molar-refractivity contribution in [2.75, 3.05) is 20.1 Å². The highest BCUT2D eigenvalue weighted by atomic mass is 127. The van der Waals surface area contributed by atoms with Crippen molar-refractivity contribution in [2.45, 2.75) is 32.9 Å². The summed E-state index contributed by atoms with van der Waals surface area (Å²) in [5.41, 5.74) is 1.45. The van der Waals surface area contributed by atoms with Crippen molar-refractivity contribution in [3.63, 3.8) is 0 Å². The van der Waals surface area contributed by atoms with Crippen molar-refractivity contribution < 1.29 is 9.53 Å². The van der Waals surface area contributed by atoms with Gasteiger partial charge in [0.2, 0.25) is 0 Å². The van der Waals surface area contributed by atoms with Gasteiger partial charge in [0, 0.05) is 37.8 Å². The number of halogens is 1. The number of benzene rings is 2. The topological polar surface area (TPSA) is 74.8 Å². The molecule has 2 aromatic carbocycles. The Morgan fingerprint density at radius 1 is 0.931 bits per heavy atom. The molecule has 3 N–H and O–H groups in total. The number of hydrogen-bond acceptors (Lipinski definition) is 3. The van der Waals surface area contributed by atoms with E-state index in [1.165, 1.54) is 0 Å². The van der Waals surface area contributed by atoms with Gasteiger partial charge in [-0.2, -0.15) is 0 Å². The molecular weight excluding hydrogens is 479 g/mol. The van der Waals surface area contributed by atoms with E-state index in [-0.39, 0.29) is 35.5 Å². The SMILES string of the molecule is CN=C(NCCNC(=O)c1ccccc1)NCc1ccccc1OC(C)(C)C.I. The number of carbonyl (C=O) groups excluding carboxylic acids is 1. The number of nitrogens with one attached hydrogen (secondary N) is 3. The number of carbonyl (C=O) groups is 1. The first kappa shape index (κ1) is 24.7. The van der Waals surface area contributed by atoms with Crippen LogP contribution in [0, 0.1) is 0 Å². The summed E-state index contributed by atoms with van der Waals surface area (Å²) in [4.78, 5) is 16.2. The molecule has 2 aromatic rings. The molecule has 29 heavy (non-hydrogen) atoms. The molecular formula is C22H31IN4O2. The molecule has 0 saturated carbocycles. The van der Waals surface area contributed by atoms with E-state index in [0.29, 0.717) is 31.2 Å². The normalized spacial score (nSPS) is 11.2. The fraction of sp³-hybridized carbons (Fsp3) is 0.364. The van der Waals surface area contributed by atoms with E-state index in [2.05, 4.69) is 20.9 Å². The van der Waals surface area contributed by atoms with Gasteiger partial charge in [-0.15, -0.1) is 24.0 Å². The molecule has 158 valence electrons. The Balaban J connectivity index is 0.00000420. The molecule has 7 heteroatoms. The van der Waals surface area contributed by atoms with E-state index in [9.17, 15) is 4.79 Å². The van der Waals surface area contributed by atoms with E-state index < -0.39 is 0 Å². The lowest BCUT2D eigenvalue weighted by Crippen LogP contribution is -2.41. The number of amides is 1. The maximum atomic E-state index is 12.0. The summed E-state index contributed by atoms with van der Waals surface area (Å²) >= 11 is 0. The second kappa shape index (κ2) is 12.3. The van der Waals surface area contributed by atoms with Crippen LogP contribution < -0.4 is 20.7 Å². The Labute approximate surface area is 190 Å². The highest BCUT2D eigenvalue weighted by molar-refractivity contribution is 14.0. The maximum Gasteiger partial charge on any atom is 0.251 e. The Morgan fingerprint density at radius 2 is 1.55 bits per heavy atom. The van der Waals surface area contributed by atoms with E-state index >= 15 is 0 Å². The Hall–Kier alpha value is -2.29. The summed E-state index contributed by atoms with van der Waals surface area (Å²) in [6.07, 6.45) is 0. The number of ether oxygens (including phenoxy) is 1. The zero-order chi connectivity index (χ0) is 20.4. The molecule has 1 amide bonds. The van der Waals surface area contributed by atoms with Gasteiger partial charge in [0.05, 0.1) is 0 Å². The van der Waals surface area contributed by atoms with Gasteiger partial charge >= 0.3 is 0 Å². The number of rotatable bonds is 7. The minimum absolute atomic E-state index is 0. The van der Waals surface area contributed by atoms with Crippen molar-refractivity contribution in [1.29, 1.82) is 0 Å². The van der Waals surface area contributed by atoms with Crippen LogP contribution in [0.3, 0.4) is 0 Å². The smallest absolute Gasteiger partial charge is 0.251 e. The Kier molecular flexibility index (Phi) is 10.5. The molecule has 0 aromatic heterocycles. The van der Waals surface area contributed by atoms with Crippen molar-refractivity contribution in [3.8, 4) is 5.75 Å². The highest BCUT2D eigenvalue weighted by Gasteiger charge is 2.14. The molecule has 0 aliphatic heterocycles. The number of para-hydroxylation sites is 1. The molecule has 0 aliphatic rings. The predicted molar refractivity (Wildman–Crippen MR) is 129 cm³/mol. The quantitative estimate of drug-likeness (QED) is 0.231. The Bertz CT molecular complexity index is 789.